The summed E-state index contributed by atoms with van der Waals surface area (Å²) >= 11 is 0. The van der Waals surface area contributed by atoms with Gasteiger partial charge in [0.15, 0.2) is 5.96 Å². The number of nitrogens with one attached hydrogen (secondary N) is 2. The van der Waals surface area contributed by atoms with E-state index < -0.39 is 10.0 Å². The highest BCUT2D eigenvalue weighted by molar-refractivity contribution is 7.89. The lowest BCUT2D eigenvalue weighted by Gasteiger charge is -2.07. The number of guanidine groups is 1. The Balaban J connectivity index is 1.48. The smallest absolute Gasteiger partial charge is 0.240 e. The Morgan fingerprint density at radius 3 is 2.38 bits per heavy atom. The molecule has 0 aromatic heterocycles. The molecule has 1 saturated carbocycles. The van der Waals surface area contributed by atoms with E-state index in [0.29, 0.717) is 19.0 Å². The van der Waals surface area contributed by atoms with E-state index in [1.54, 1.807) is 24.3 Å². The maximum atomic E-state index is 12.1. The topological polar surface area (TPSA) is 96.6 Å². The van der Waals surface area contributed by atoms with Gasteiger partial charge in [-0.15, -0.1) is 0 Å². The second-order valence-corrected chi connectivity index (χ2v) is 8.12. The molecule has 4 N–H and O–H groups in total. The molecule has 1 aliphatic rings. The van der Waals surface area contributed by atoms with Crippen molar-refractivity contribution in [1.29, 1.82) is 0 Å². The van der Waals surface area contributed by atoms with Crippen molar-refractivity contribution in [3.63, 3.8) is 0 Å². The molecule has 26 heavy (non-hydrogen) atoms. The molecule has 1 aliphatic carbocycles. The van der Waals surface area contributed by atoms with Crippen LogP contribution in [0.4, 0.5) is 0 Å². The highest BCUT2D eigenvalue weighted by atomic mass is 32.2. The molecule has 0 atom stereocenters. The van der Waals surface area contributed by atoms with Gasteiger partial charge in [0.05, 0.1) is 11.4 Å². The monoisotopic (exact) mass is 372 g/mol. The van der Waals surface area contributed by atoms with Gasteiger partial charge in [0.1, 0.15) is 0 Å². The average Bonchev–Trinajstić information content (AvgIpc) is 3.44. The minimum atomic E-state index is -3.41. The Hall–Kier alpha value is -2.38. The average molecular weight is 372 g/mol. The summed E-state index contributed by atoms with van der Waals surface area (Å²) in [6, 6.07) is 17.0. The predicted molar refractivity (Wildman–Crippen MR) is 103 cm³/mol. The molecule has 7 heteroatoms. The third kappa shape index (κ3) is 5.57. The van der Waals surface area contributed by atoms with Crippen LogP contribution in [0.5, 0.6) is 0 Å². The van der Waals surface area contributed by atoms with Crippen molar-refractivity contribution in [2.24, 2.45) is 10.7 Å². The number of nitrogens with zero attached hydrogens (tertiary/aromatic N) is 1. The van der Waals surface area contributed by atoms with E-state index in [1.807, 2.05) is 18.2 Å². The van der Waals surface area contributed by atoms with Crippen molar-refractivity contribution in [1.82, 2.24) is 10.0 Å². The molecule has 0 aliphatic heterocycles. The normalized spacial score (nSPS) is 15.0. The number of hydrogen-bond acceptors (Lipinski definition) is 3. The van der Waals surface area contributed by atoms with Crippen molar-refractivity contribution >= 4 is 16.0 Å². The van der Waals surface area contributed by atoms with Gasteiger partial charge >= 0.3 is 0 Å². The maximum absolute atomic E-state index is 12.1. The molecular weight excluding hydrogens is 348 g/mol. The minimum Gasteiger partial charge on any atom is -0.370 e. The molecule has 0 spiro atoms. The molecular formula is C19H24N4O2S. The van der Waals surface area contributed by atoms with Crippen LogP contribution in [0.2, 0.25) is 0 Å². The first-order valence-electron chi connectivity index (χ1n) is 8.72. The standard InChI is InChI=1S/C19H24N4O2S/c20-19(21-13-12-15-4-2-1-3-5-15)22-14-16-6-10-18(11-7-16)26(24,25)23-17-8-9-17/h1-7,10-11,17,23H,8-9,12-14H2,(H3,20,21,22). The number of nitrogens with two attached hydrogens (primary N) is 1. The van der Waals surface area contributed by atoms with E-state index in [4.69, 9.17) is 5.73 Å². The van der Waals surface area contributed by atoms with Crippen LogP contribution in [-0.4, -0.2) is 27.0 Å². The summed E-state index contributed by atoms with van der Waals surface area (Å²) in [4.78, 5) is 4.58. The summed E-state index contributed by atoms with van der Waals surface area (Å²) in [6.07, 6.45) is 2.71. The largest absolute Gasteiger partial charge is 0.370 e. The van der Waals surface area contributed by atoms with Crippen LogP contribution in [0.15, 0.2) is 64.5 Å². The third-order valence-electron chi connectivity index (χ3n) is 4.13. The van der Waals surface area contributed by atoms with Gasteiger partial charge in [-0.05, 0) is 42.5 Å². The Morgan fingerprint density at radius 2 is 1.73 bits per heavy atom. The van der Waals surface area contributed by atoms with Crippen molar-refractivity contribution in [3.05, 3.63) is 65.7 Å². The minimum absolute atomic E-state index is 0.103. The summed E-state index contributed by atoms with van der Waals surface area (Å²) in [5.74, 6) is 0.382. The van der Waals surface area contributed by atoms with Gasteiger partial charge in [-0.3, -0.25) is 0 Å². The Labute approximate surface area is 154 Å². The van der Waals surface area contributed by atoms with Gasteiger partial charge in [0.25, 0.3) is 0 Å². The van der Waals surface area contributed by atoms with Crippen molar-refractivity contribution in [2.45, 2.75) is 36.7 Å². The Morgan fingerprint density at radius 1 is 1.04 bits per heavy atom. The van der Waals surface area contributed by atoms with Crippen LogP contribution >= 0.6 is 0 Å². The third-order valence-corrected chi connectivity index (χ3v) is 5.66. The number of aliphatic imine (C=N–C) groups is 1. The van der Waals surface area contributed by atoms with E-state index in [2.05, 4.69) is 27.2 Å². The number of rotatable bonds is 8. The molecule has 1 fully saturated rings. The molecule has 0 unspecified atom stereocenters. The van der Waals surface area contributed by atoms with Gasteiger partial charge in [-0.25, -0.2) is 18.1 Å². The zero-order chi connectivity index (χ0) is 18.4. The second-order valence-electron chi connectivity index (χ2n) is 6.40. The van der Waals surface area contributed by atoms with E-state index in [1.165, 1.54) is 5.56 Å². The highest BCUT2D eigenvalue weighted by Gasteiger charge is 2.27. The zero-order valence-electron chi connectivity index (χ0n) is 14.6. The Bertz CT molecular complexity index is 845. The zero-order valence-corrected chi connectivity index (χ0v) is 15.4. The fourth-order valence-corrected chi connectivity index (χ4v) is 3.78. The number of benzene rings is 2. The van der Waals surface area contributed by atoms with Crippen LogP contribution in [-0.2, 0) is 23.0 Å². The fraction of sp³-hybridized carbons (Fsp3) is 0.316. The maximum Gasteiger partial charge on any atom is 0.240 e. The molecule has 0 heterocycles. The first kappa shape index (κ1) is 18.4. The van der Waals surface area contributed by atoms with E-state index in [0.717, 1.165) is 24.8 Å². The summed E-state index contributed by atoms with van der Waals surface area (Å²) in [5.41, 5.74) is 8.03. The van der Waals surface area contributed by atoms with Gasteiger partial charge in [0, 0.05) is 12.6 Å². The molecule has 0 saturated heterocycles. The van der Waals surface area contributed by atoms with Gasteiger partial charge < -0.3 is 11.1 Å². The van der Waals surface area contributed by atoms with Crippen molar-refractivity contribution in [3.8, 4) is 0 Å². The second kappa shape index (κ2) is 8.33. The highest BCUT2D eigenvalue weighted by Crippen LogP contribution is 2.22. The molecule has 2 aromatic rings. The summed E-state index contributed by atoms with van der Waals surface area (Å²) < 4.78 is 26.9. The first-order valence-corrected chi connectivity index (χ1v) is 10.2. The van der Waals surface area contributed by atoms with Crippen LogP contribution in [0.3, 0.4) is 0 Å². The van der Waals surface area contributed by atoms with Gasteiger partial charge in [-0.2, -0.15) is 0 Å². The lowest BCUT2D eigenvalue weighted by Crippen LogP contribution is -2.33. The predicted octanol–water partition coefficient (Wildman–Crippen LogP) is 1.77. The number of sulfonamides is 1. The van der Waals surface area contributed by atoms with Crippen LogP contribution in [0.1, 0.15) is 24.0 Å². The lowest BCUT2D eigenvalue weighted by molar-refractivity contribution is 0.581. The summed E-state index contributed by atoms with van der Waals surface area (Å²) in [5, 5.41) is 3.09. The molecule has 2 aromatic carbocycles. The summed E-state index contributed by atoms with van der Waals surface area (Å²) in [6.45, 7) is 1.11. The van der Waals surface area contributed by atoms with Gasteiger partial charge in [-0.1, -0.05) is 42.5 Å². The van der Waals surface area contributed by atoms with E-state index in [9.17, 15) is 8.42 Å². The van der Waals surface area contributed by atoms with Crippen molar-refractivity contribution < 1.29 is 8.42 Å². The quantitative estimate of drug-likeness (QED) is 0.486. The molecule has 6 nitrogen and oxygen atoms in total. The van der Waals surface area contributed by atoms with Crippen LogP contribution in [0.25, 0.3) is 0 Å². The van der Waals surface area contributed by atoms with Crippen LogP contribution < -0.4 is 15.8 Å². The summed E-state index contributed by atoms with van der Waals surface area (Å²) in [7, 11) is -3.41. The molecule has 138 valence electrons. The Kier molecular flexibility index (Phi) is 5.90. The molecule has 0 radical (unpaired) electrons. The first-order chi connectivity index (χ1) is 12.5. The van der Waals surface area contributed by atoms with Crippen LogP contribution in [0, 0.1) is 0 Å². The van der Waals surface area contributed by atoms with E-state index >= 15 is 0 Å². The van der Waals surface area contributed by atoms with Crippen molar-refractivity contribution in [2.75, 3.05) is 6.54 Å². The number of hydrogen-bond donors (Lipinski definition) is 3. The lowest BCUT2D eigenvalue weighted by atomic mass is 10.1. The molecule has 0 bridgehead atoms. The SMILES string of the molecule is NC(=NCc1ccc(S(=O)(=O)NC2CC2)cc1)NCCc1ccccc1. The molecule has 0 amide bonds. The molecule has 3 rings (SSSR count). The van der Waals surface area contributed by atoms with Gasteiger partial charge in [0.2, 0.25) is 10.0 Å². The van der Waals surface area contributed by atoms with E-state index in [-0.39, 0.29) is 10.9 Å². The fourth-order valence-electron chi connectivity index (χ4n) is 2.47.